The Kier molecular flexibility index (Phi) is 4.61. The Morgan fingerprint density at radius 2 is 1.95 bits per heavy atom. The van der Waals surface area contributed by atoms with Crippen LogP contribution in [0.4, 0.5) is 22.0 Å². The molecule has 20 heavy (non-hydrogen) atoms. The van der Waals surface area contributed by atoms with Crippen molar-refractivity contribution in [3.8, 4) is 6.01 Å². The van der Waals surface area contributed by atoms with E-state index in [1.807, 2.05) is 0 Å². The zero-order valence-corrected chi connectivity index (χ0v) is 10.8. The molecule has 1 aromatic heterocycles. The molecule has 0 spiro atoms. The molecule has 0 fully saturated rings. The second-order valence-corrected chi connectivity index (χ2v) is 3.72. The highest BCUT2D eigenvalue weighted by Crippen LogP contribution is 2.18. The molecular weight excluding hydrogens is 265 g/mol. The van der Waals surface area contributed by atoms with Crippen LogP contribution in [-0.2, 0) is 0 Å². The molecule has 8 heteroatoms. The third kappa shape index (κ3) is 3.51. The van der Waals surface area contributed by atoms with E-state index >= 15 is 0 Å². The van der Waals surface area contributed by atoms with Crippen molar-refractivity contribution in [2.75, 3.05) is 30.9 Å². The Labute approximate surface area is 114 Å². The van der Waals surface area contributed by atoms with Gasteiger partial charge in [0.15, 0.2) is 0 Å². The van der Waals surface area contributed by atoms with Gasteiger partial charge in [-0.3, -0.25) is 0 Å². The summed E-state index contributed by atoms with van der Waals surface area (Å²) in [6, 6.07) is 6.24. The van der Waals surface area contributed by atoms with Gasteiger partial charge in [-0.05, 0) is 12.1 Å². The van der Waals surface area contributed by atoms with E-state index < -0.39 is 5.82 Å². The Morgan fingerprint density at radius 1 is 1.20 bits per heavy atom. The molecule has 0 aliphatic rings. The van der Waals surface area contributed by atoms with E-state index in [9.17, 15) is 4.39 Å². The summed E-state index contributed by atoms with van der Waals surface area (Å²) in [5.74, 6) is -0.0520. The van der Waals surface area contributed by atoms with Gasteiger partial charge in [0.25, 0.3) is 0 Å². The topological polar surface area (TPSA) is 92.2 Å². The zero-order valence-electron chi connectivity index (χ0n) is 10.8. The number of halogens is 1. The van der Waals surface area contributed by atoms with Gasteiger partial charge in [-0.15, -0.1) is 0 Å². The van der Waals surface area contributed by atoms with E-state index in [1.165, 1.54) is 13.2 Å². The summed E-state index contributed by atoms with van der Waals surface area (Å²) in [6.07, 6.45) is 0. The number of anilines is 3. The number of methoxy groups -OCH3 is 1. The summed E-state index contributed by atoms with van der Waals surface area (Å²) in [5.41, 5.74) is 0.244. The highest BCUT2D eigenvalue weighted by molar-refractivity contribution is 5.54. The summed E-state index contributed by atoms with van der Waals surface area (Å²) in [6.45, 7) is 0.219. The molecule has 7 nitrogen and oxygen atoms in total. The molecule has 1 heterocycles. The van der Waals surface area contributed by atoms with E-state index in [2.05, 4.69) is 25.6 Å². The summed E-state index contributed by atoms with van der Waals surface area (Å²) >= 11 is 0. The van der Waals surface area contributed by atoms with Gasteiger partial charge in [-0.25, -0.2) is 4.39 Å². The number of aromatic nitrogens is 3. The van der Waals surface area contributed by atoms with Crippen LogP contribution in [0.25, 0.3) is 0 Å². The number of ether oxygens (including phenoxy) is 1. The first-order valence-corrected chi connectivity index (χ1v) is 5.89. The Morgan fingerprint density at radius 3 is 2.65 bits per heavy atom. The number of nitrogens with one attached hydrogen (secondary N) is 2. The minimum Gasteiger partial charge on any atom is -0.467 e. The molecule has 0 atom stereocenters. The van der Waals surface area contributed by atoms with Crippen molar-refractivity contribution >= 4 is 17.6 Å². The maximum absolute atomic E-state index is 13.5. The van der Waals surface area contributed by atoms with E-state index in [4.69, 9.17) is 9.84 Å². The average Bonchev–Trinajstić information content (AvgIpc) is 2.47. The Bertz CT molecular complexity index is 582. The fraction of sp³-hybridized carbons (Fsp3) is 0.250. The van der Waals surface area contributed by atoms with Crippen molar-refractivity contribution in [3.05, 3.63) is 30.1 Å². The lowest BCUT2D eigenvalue weighted by atomic mass is 10.3. The lowest BCUT2D eigenvalue weighted by Crippen LogP contribution is -2.11. The van der Waals surface area contributed by atoms with Crippen molar-refractivity contribution in [1.82, 2.24) is 15.0 Å². The quantitative estimate of drug-likeness (QED) is 0.730. The smallest absolute Gasteiger partial charge is 0.322 e. The average molecular weight is 279 g/mol. The molecule has 106 valence electrons. The standard InChI is InChI=1S/C12H14FN5O2/c1-20-12-17-10(14-6-7-19)16-11(18-12)15-9-5-3-2-4-8(9)13/h2-5,19H,6-7H2,1H3,(H2,14,15,16,17,18). The predicted octanol–water partition coefficient (Wildman–Crippen LogP) is 1.17. The van der Waals surface area contributed by atoms with Crippen molar-refractivity contribution < 1.29 is 14.2 Å². The lowest BCUT2D eigenvalue weighted by molar-refractivity contribution is 0.310. The number of hydrogen-bond acceptors (Lipinski definition) is 7. The number of benzene rings is 1. The van der Waals surface area contributed by atoms with Crippen LogP contribution in [0.15, 0.2) is 24.3 Å². The fourth-order valence-electron chi connectivity index (χ4n) is 1.43. The third-order valence-electron chi connectivity index (χ3n) is 2.31. The second kappa shape index (κ2) is 6.62. The molecule has 0 bridgehead atoms. The maximum atomic E-state index is 13.5. The van der Waals surface area contributed by atoms with Crippen molar-refractivity contribution in [1.29, 1.82) is 0 Å². The highest BCUT2D eigenvalue weighted by atomic mass is 19.1. The SMILES string of the molecule is COc1nc(NCCO)nc(Nc2ccccc2F)n1. The van der Waals surface area contributed by atoms with Crippen molar-refractivity contribution in [2.24, 2.45) is 0 Å². The van der Waals surface area contributed by atoms with Crippen LogP contribution >= 0.6 is 0 Å². The van der Waals surface area contributed by atoms with Crippen molar-refractivity contribution in [2.45, 2.75) is 0 Å². The van der Waals surface area contributed by atoms with Crippen molar-refractivity contribution in [3.63, 3.8) is 0 Å². The van der Waals surface area contributed by atoms with Gasteiger partial charge in [-0.2, -0.15) is 15.0 Å². The monoisotopic (exact) mass is 279 g/mol. The summed E-state index contributed by atoms with van der Waals surface area (Å²) < 4.78 is 18.5. The molecule has 0 saturated carbocycles. The Hall–Kier alpha value is -2.48. The van der Waals surface area contributed by atoms with Crippen LogP contribution in [0, 0.1) is 5.82 Å². The molecule has 1 aromatic carbocycles. The molecule has 0 unspecified atom stereocenters. The molecule has 2 aromatic rings. The minimum atomic E-state index is -0.420. The van der Waals surface area contributed by atoms with E-state index in [1.54, 1.807) is 18.2 Å². The summed E-state index contributed by atoms with van der Waals surface area (Å²) in [4.78, 5) is 12.0. The normalized spacial score (nSPS) is 10.2. The van der Waals surface area contributed by atoms with Crippen LogP contribution in [-0.4, -0.2) is 40.3 Å². The van der Waals surface area contributed by atoms with Crippen LogP contribution in [0.2, 0.25) is 0 Å². The lowest BCUT2D eigenvalue weighted by Gasteiger charge is -2.09. The summed E-state index contributed by atoms with van der Waals surface area (Å²) in [7, 11) is 1.41. The van der Waals surface area contributed by atoms with E-state index in [-0.39, 0.29) is 36.7 Å². The highest BCUT2D eigenvalue weighted by Gasteiger charge is 2.08. The van der Waals surface area contributed by atoms with E-state index in [0.717, 1.165) is 0 Å². The molecule has 0 amide bonds. The first-order chi connectivity index (χ1) is 9.72. The van der Waals surface area contributed by atoms with Crippen LogP contribution in [0.1, 0.15) is 0 Å². The van der Waals surface area contributed by atoms with Gasteiger partial charge in [0, 0.05) is 6.54 Å². The first-order valence-electron chi connectivity index (χ1n) is 5.89. The maximum Gasteiger partial charge on any atom is 0.322 e. The molecule has 3 N–H and O–H groups in total. The molecular formula is C12H14FN5O2. The molecule has 0 aliphatic heterocycles. The number of aliphatic hydroxyl groups is 1. The van der Waals surface area contributed by atoms with Gasteiger partial charge in [-0.1, -0.05) is 12.1 Å². The van der Waals surface area contributed by atoms with Gasteiger partial charge in [0.05, 0.1) is 19.4 Å². The van der Waals surface area contributed by atoms with Crippen LogP contribution in [0.3, 0.4) is 0 Å². The third-order valence-corrected chi connectivity index (χ3v) is 2.31. The van der Waals surface area contributed by atoms with Gasteiger partial charge in [0.1, 0.15) is 5.82 Å². The number of para-hydroxylation sites is 1. The largest absolute Gasteiger partial charge is 0.467 e. The number of nitrogens with zero attached hydrogens (tertiary/aromatic N) is 3. The van der Waals surface area contributed by atoms with E-state index in [0.29, 0.717) is 0 Å². The number of aliphatic hydroxyl groups excluding tert-OH is 1. The molecule has 0 radical (unpaired) electrons. The summed E-state index contributed by atoms with van der Waals surface area (Å²) in [5, 5.41) is 14.3. The van der Waals surface area contributed by atoms with Crippen LogP contribution < -0.4 is 15.4 Å². The second-order valence-electron chi connectivity index (χ2n) is 3.72. The first kappa shape index (κ1) is 13.9. The van der Waals surface area contributed by atoms with Gasteiger partial charge < -0.3 is 20.5 Å². The fourth-order valence-corrected chi connectivity index (χ4v) is 1.43. The minimum absolute atomic E-state index is 0.0654. The Balaban J connectivity index is 2.24. The molecule has 0 aliphatic carbocycles. The number of rotatable bonds is 6. The molecule has 0 saturated heterocycles. The zero-order chi connectivity index (χ0) is 14.4. The van der Waals surface area contributed by atoms with Gasteiger partial charge >= 0.3 is 6.01 Å². The number of hydrogen-bond donors (Lipinski definition) is 3. The molecule has 2 rings (SSSR count). The van der Waals surface area contributed by atoms with Crippen LogP contribution in [0.5, 0.6) is 6.01 Å². The predicted molar refractivity (Wildman–Crippen MR) is 71.6 cm³/mol. The van der Waals surface area contributed by atoms with Gasteiger partial charge in [0.2, 0.25) is 11.9 Å².